The summed E-state index contributed by atoms with van der Waals surface area (Å²) in [6.45, 7) is 10.4. The third-order valence-corrected chi connectivity index (χ3v) is 3.27. The van der Waals surface area contributed by atoms with E-state index in [2.05, 4.69) is 38.2 Å². The van der Waals surface area contributed by atoms with Crippen LogP contribution in [0.4, 0.5) is 4.79 Å². The number of amides is 1. The summed E-state index contributed by atoms with van der Waals surface area (Å²) >= 11 is 0. The second kappa shape index (κ2) is 8.47. The minimum Gasteiger partial charge on any atom is -0.444 e. The molecule has 0 aliphatic heterocycles. The van der Waals surface area contributed by atoms with E-state index in [0.717, 1.165) is 18.4 Å². The van der Waals surface area contributed by atoms with Crippen LogP contribution in [0.5, 0.6) is 0 Å². The lowest BCUT2D eigenvalue weighted by molar-refractivity contribution is 0.126. The summed E-state index contributed by atoms with van der Waals surface area (Å²) in [5.74, 6) is 0. The van der Waals surface area contributed by atoms with Gasteiger partial charge in [-0.1, -0.05) is 57.2 Å². The fourth-order valence-electron chi connectivity index (χ4n) is 1.91. The highest BCUT2D eigenvalue weighted by molar-refractivity contribution is 5.66. The van der Waals surface area contributed by atoms with Crippen molar-refractivity contribution >= 4 is 6.09 Å². The highest BCUT2D eigenvalue weighted by Gasteiger charge is 2.24. The van der Waals surface area contributed by atoms with Crippen molar-refractivity contribution in [2.24, 2.45) is 5.41 Å². The zero-order chi connectivity index (χ0) is 15.7. The maximum absolute atomic E-state index is 11.7. The van der Waals surface area contributed by atoms with Crippen molar-refractivity contribution in [3.8, 4) is 0 Å². The number of allylic oxidation sites excluding steroid dienone is 1. The maximum Gasteiger partial charge on any atom is 0.421 e. The number of carbonyl (C=O) groups excluding carboxylic acids is 1. The van der Waals surface area contributed by atoms with Crippen LogP contribution in [0.25, 0.3) is 0 Å². The molecule has 1 aromatic rings. The van der Waals surface area contributed by atoms with Crippen LogP contribution in [-0.2, 0) is 11.3 Å². The molecule has 4 heteroatoms. The Morgan fingerprint density at radius 1 is 1.33 bits per heavy atom. The molecule has 1 amide bonds. The number of ether oxygens (including phenoxy) is 1. The van der Waals surface area contributed by atoms with Gasteiger partial charge in [-0.2, -0.15) is 0 Å². The van der Waals surface area contributed by atoms with Crippen LogP contribution in [0.1, 0.15) is 39.2 Å². The van der Waals surface area contributed by atoms with Crippen LogP contribution in [0, 0.1) is 5.41 Å². The predicted octanol–water partition coefficient (Wildman–Crippen LogP) is 3.80. The van der Waals surface area contributed by atoms with E-state index in [1.807, 2.05) is 36.4 Å². The monoisotopic (exact) mass is 290 g/mol. The van der Waals surface area contributed by atoms with Gasteiger partial charge < -0.3 is 4.74 Å². The van der Waals surface area contributed by atoms with Gasteiger partial charge in [0.25, 0.3) is 0 Å². The first kappa shape index (κ1) is 17.2. The molecule has 0 radical (unpaired) electrons. The fourth-order valence-corrected chi connectivity index (χ4v) is 1.91. The summed E-state index contributed by atoms with van der Waals surface area (Å²) in [5, 5.41) is 0. The number of benzene rings is 1. The number of hydrogen-bond donors (Lipinski definition) is 2. The van der Waals surface area contributed by atoms with Gasteiger partial charge in [0.2, 0.25) is 0 Å². The lowest BCUT2D eigenvalue weighted by atomic mass is 9.84. The van der Waals surface area contributed by atoms with Gasteiger partial charge in [-0.15, -0.1) is 6.58 Å². The first-order chi connectivity index (χ1) is 9.93. The molecule has 1 rings (SSSR count). The fraction of sp³-hybridized carbons (Fsp3) is 0.471. The number of hydrogen-bond acceptors (Lipinski definition) is 3. The Balaban J connectivity index is 2.37. The maximum atomic E-state index is 11.7. The van der Waals surface area contributed by atoms with Crippen LogP contribution < -0.4 is 10.9 Å². The Morgan fingerprint density at radius 2 is 2.00 bits per heavy atom. The van der Waals surface area contributed by atoms with Gasteiger partial charge >= 0.3 is 6.09 Å². The second-order valence-corrected chi connectivity index (χ2v) is 6.12. The Morgan fingerprint density at radius 3 is 2.57 bits per heavy atom. The Kier molecular flexibility index (Phi) is 6.96. The van der Waals surface area contributed by atoms with E-state index in [9.17, 15) is 4.79 Å². The Hall–Kier alpha value is -1.81. The van der Waals surface area contributed by atoms with E-state index in [-0.39, 0.29) is 18.1 Å². The van der Waals surface area contributed by atoms with E-state index < -0.39 is 6.09 Å². The standard InChI is InChI=1S/C17H26N2O2/c1-5-6-12-15(17(2,3)4)18-19-16(20)21-13-14-10-8-7-9-11-14/h5,7-11,15,18H,1,6,12-13H2,2-4H3,(H,19,20)/t15-/m1/s1. The molecule has 4 nitrogen and oxygen atoms in total. The summed E-state index contributed by atoms with van der Waals surface area (Å²) in [5.41, 5.74) is 6.68. The van der Waals surface area contributed by atoms with Crippen LogP contribution in [0.3, 0.4) is 0 Å². The van der Waals surface area contributed by atoms with Gasteiger partial charge in [-0.3, -0.25) is 5.43 Å². The summed E-state index contributed by atoms with van der Waals surface area (Å²) in [7, 11) is 0. The van der Waals surface area contributed by atoms with E-state index in [0.29, 0.717) is 0 Å². The zero-order valence-corrected chi connectivity index (χ0v) is 13.2. The molecular formula is C17H26N2O2. The molecule has 0 heterocycles. The van der Waals surface area contributed by atoms with Crippen LogP contribution >= 0.6 is 0 Å². The van der Waals surface area contributed by atoms with Crippen molar-refractivity contribution < 1.29 is 9.53 Å². The average molecular weight is 290 g/mol. The smallest absolute Gasteiger partial charge is 0.421 e. The second-order valence-electron chi connectivity index (χ2n) is 6.12. The van der Waals surface area contributed by atoms with Crippen molar-refractivity contribution in [1.82, 2.24) is 10.9 Å². The first-order valence-electron chi connectivity index (χ1n) is 7.26. The molecule has 2 N–H and O–H groups in total. The normalized spacial score (nSPS) is 12.5. The molecule has 21 heavy (non-hydrogen) atoms. The summed E-state index contributed by atoms with van der Waals surface area (Å²) in [4.78, 5) is 11.7. The average Bonchev–Trinajstić information content (AvgIpc) is 2.45. The molecule has 0 aliphatic rings. The predicted molar refractivity (Wildman–Crippen MR) is 85.6 cm³/mol. The molecule has 0 saturated carbocycles. The van der Waals surface area contributed by atoms with Crippen molar-refractivity contribution in [3.63, 3.8) is 0 Å². The largest absolute Gasteiger partial charge is 0.444 e. The van der Waals surface area contributed by atoms with E-state index in [4.69, 9.17) is 4.74 Å². The molecule has 0 unspecified atom stereocenters. The minimum absolute atomic E-state index is 0.0374. The number of rotatable bonds is 7. The minimum atomic E-state index is -0.466. The third kappa shape index (κ3) is 6.95. The molecule has 1 aromatic carbocycles. The van der Waals surface area contributed by atoms with Gasteiger partial charge in [-0.25, -0.2) is 10.2 Å². The summed E-state index contributed by atoms with van der Waals surface area (Å²) in [6, 6.07) is 9.75. The molecule has 0 fully saturated rings. The van der Waals surface area contributed by atoms with Crippen LogP contribution in [0.2, 0.25) is 0 Å². The molecule has 0 aromatic heterocycles. The summed E-state index contributed by atoms with van der Waals surface area (Å²) < 4.78 is 5.16. The Bertz CT molecular complexity index is 438. The van der Waals surface area contributed by atoms with Gasteiger partial charge in [0.15, 0.2) is 0 Å². The van der Waals surface area contributed by atoms with Crippen molar-refractivity contribution in [1.29, 1.82) is 0 Å². The SMILES string of the molecule is C=CCC[C@@H](NNC(=O)OCc1ccccc1)C(C)(C)C. The molecule has 0 saturated heterocycles. The van der Waals surface area contributed by atoms with E-state index in [1.165, 1.54) is 0 Å². The topological polar surface area (TPSA) is 50.4 Å². The molecule has 116 valence electrons. The number of hydrazine groups is 1. The third-order valence-electron chi connectivity index (χ3n) is 3.27. The van der Waals surface area contributed by atoms with Crippen molar-refractivity contribution in [2.45, 2.75) is 46.3 Å². The first-order valence-corrected chi connectivity index (χ1v) is 7.26. The van der Waals surface area contributed by atoms with Gasteiger partial charge in [-0.05, 0) is 23.8 Å². The molecule has 1 atom stereocenters. The highest BCUT2D eigenvalue weighted by Crippen LogP contribution is 2.22. The number of carbonyl (C=O) groups is 1. The van der Waals surface area contributed by atoms with Crippen molar-refractivity contribution in [2.75, 3.05) is 0 Å². The van der Waals surface area contributed by atoms with Crippen molar-refractivity contribution in [3.05, 3.63) is 48.6 Å². The molecule has 0 spiro atoms. The lowest BCUT2D eigenvalue weighted by Crippen LogP contribution is -2.50. The molecular weight excluding hydrogens is 264 g/mol. The summed E-state index contributed by atoms with van der Waals surface area (Å²) in [6.07, 6.45) is 3.22. The molecule has 0 bridgehead atoms. The Labute approximate surface area is 127 Å². The van der Waals surface area contributed by atoms with Crippen LogP contribution in [0.15, 0.2) is 43.0 Å². The van der Waals surface area contributed by atoms with Gasteiger partial charge in [0.1, 0.15) is 6.61 Å². The lowest BCUT2D eigenvalue weighted by Gasteiger charge is -2.31. The quantitative estimate of drug-likeness (QED) is 0.593. The molecule has 0 aliphatic carbocycles. The highest BCUT2D eigenvalue weighted by atomic mass is 16.6. The number of nitrogens with one attached hydrogen (secondary N) is 2. The van der Waals surface area contributed by atoms with Crippen LogP contribution in [-0.4, -0.2) is 12.1 Å². The van der Waals surface area contributed by atoms with E-state index in [1.54, 1.807) is 0 Å². The zero-order valence-electron chi connectivity index (χ0n) is 13.2. The van der Waals surface area contributed by atoms with E-state index >= 15 is 0 Å². The van der Waals surface area contributed by atoms with Gasteiger partial charge in [0, 0.05) is 6.04 Å². The van der Waals surface area contributed by atoms with Gasteiger partial charge in [0.05, 0.1) is 0 Å².